The number of halogens is 3. The van der Waals surface area contributed by atoms with E-state index in [0.717, 1.165) is 17.5 Å². The second-order valence-electron chi connectivity index (χ2n) is 6.93. The van der Waals surface area contributed by atoms with Gasteiger partial charge in [0.1, 0.15) is 24.2 Å². The second-order valence-corrected chi connectivity index (χ2v) is 6.93. The zero-order chi connectivity index (χ0) is 23.5. The number of carbonyl (C=O) groups is 1. The van der Waals surface area contributed by atoms with Gasteiger partial charge in [0, 0.05) is 17.4 Å². The van der Waals surface area contributed by atoms with Crippen LogP contribution in [0.2, 0.25) is 0 Å². The summed E-state index contributed by atoms with van der Waals surface area (Å²) >= 11 is 0. The smallest absolute Gasteiger partial charge is 0.323 e. The third-order valence-corrected chi connectivity index (χ3v) is 4.74. The fourth-order valence-electron chi connectivity index (χ4n) is 2.88. The highest BCUT2D eigenvalue weighted by molar-refractivity contribution is 5.99. The van der Waals surface area contributed by atoms with E-state index in [9.17, 15) is 18.0 Å². The SMILES string of the molecule is Cc1ncn(-c2cc(Oc3ccc(NC(=O)Nc4ccc(F)c(F)c4F)cc3)ncn2)c1C. The lowest BCUT2D eigenvalue weighted by Gasteiger charge is -2.10. The summed E-state index contributed by atoms with van der Waals surface area (Å²) < 4.78 is 47.5. The molecular formula is C22H17F3N6O2. The maximum atomic E-state index is 13.7. The molecule has 2 heterocycles. The Morgan fingerprint density at radius 1 is 0.939 bits per heavy atom. The fourth-order valence-corrected chi connectivity index (χ4v) is 2.88. The van der Waals surface area contributed by atoms with Crippen molar-refractivity contribution in [1.82, 2.24) is 19.5 Å². The standard InChI is InChI=1S/C22H17F3N6O2/c1-12-13(2)31(11-28-12)18-9-19(27-10-26-18)33-15-5-3-14(4-6-15)29-22(32)30-17-8-7-16(23)20(24)21(17)25/h3-11H,1-2H3,(H2,29,30,32). The van der Waals surface area contributed by atoms with Gasteiger partial charge in [0.15, 0.2) is 17.5 Å². The molecule has 0 aliphatic carbocycles. The van der Waals surface area contributed by atoms with Crippen LogP contribution in [0.3, 0.4) is 0 Å². The van der Waals surface area contributed by atoms with Gasteiger partial charge < -0.3 is 15.4 Å². The minimum absolute atomic E-state index is 0.304. The molecule has 8 nitrogen and oxygen atoms in total. The monoisotopic (exact) mass is 454 g/mol. The van der Waals surface area contributed by atoms with Gasteiger partial charge in [0.05, 0.1) is 11.4 Å². The Bertz CT molecular complexity index is 1320. The topological polar surface area (TPSA) is 94.0 Å². The number of nitrogens with one attached hydrogen (secondary N) is 2. The number of hydrogen-bond acceptors (Lipinski definition) is 5. The third-order valence-electron chi connectivity index (χ3n) is 4.74. The maximum Gasteiger partial charge on any atom is 0.323 e. The van der Waals surface area contributed by atoms with Crippen LogP contribution in [0.4, 0.5) is 29.3 Å². The van der Waals surface area contributed by atoms with E-state index in [-0.39, 0.29) is 0 Å². The molecule has 0 saturated heterocycles. The van der Waals surface area contributed by atoms with Crippen molar-refractivity contribution < 1.29 is 22.7 Å². The molecule has 33 heavy (non-hydrogen) atoms. The van der Waals surface area contributed by atoms with Gasteiger partial charge >= 0.3 is 6.03 Å². The number of anilines is 2. The molecule has 4 aromatic rings. The molecule has 2 aromatic carbocycles. The number of amides is 2. The molecule has 4 rings (SSSR count). The molecule has 11 heteroatoms. The Labute approximate surface area is 186 Å². The van der Waals surface area contributed by atoms with Crippen LogP contribution < -0.4 is 15.4 Å². The Kier molecular flexibility index (Phi) is 5.94. The second kappa shape index (κ2) is 8.99. The highest BCUT2D eigenvalue weighted by Gasteiger charge is 2.15. The number of ether oxygens (including phenoxy) is 1. The Hall–Kier alpha value is -4.41. The molecule has 0 saturated carbocycles. The lowest BCUT2D eigenvalue weighted by atomic mass is 10.3. The zero-order valence-electron chi connectivity index (χ0n) is 17.4. The number of aryl methyl sites for hydroxylation is 1. The number of hydrogen-bond donors (Lipinski definition) is 2. The Morgan fingerprint density at radius 2 is 1.70 bits per heavy atom. The van der Waals surface area contributed by atoms with Crippen molar-refractivity contribution in [1.29, 1.82) is 0 Å². The zero-order valence-corrected chi connectivity index (χ0v) is 17.4. The number of nitrogens with zero attached hydrogens (tertiary/aromatic N) is 4. The van der Waals surface area contributed by atoms with Gasteiger partial charge in [-0.25, -0.2) is 32.9 Å². The summed E-state index contributed by atoms with van der Waals surface area (Å²) in [6, 6.07) is 8.72. The van der Waals surface area contributed by atoms with E-state index in [4.69, 9.17) is 4.74 Å². The van der Waals surface area contributed by atoms with Crippen molar-refractivity contribution >= 4 is 17.4 Å². The first-order valence-electron chi connectivity index (χ1n) is 9.64. The highest BCUT2D eigenvalue weighted by atomic mass is 19.2. The van der Waals surface area contributed by atoms with Crippen molar-refractivity contribution in [3.8, 4) is 17.4 Å². The highest BCUT2D eigenvalue weighted by Crippen LogP contribution is 2.24. The molecule has 2 amide bonds. The molecule has 168 valence electrons. The van der Waals surface area contributed by atoms with Gasteiger partial charge in [-0.2, -0.15) is 0 Å². The van der Waals surface area contributed by atoms with Crippen LogP contribution in [0, 0.1) is 31.3 Å². The van der Waals surface area contributed by atoms with E-state index in [1.165, 1.54) is 6.33 Å². The van der Waals surface area contributed by atoms with Gasteiger partial charge in [-0.05, 0) is 50.2 Å². The van der Waals surface area contributed by atoms with Crippen LogP contribution in [0.25, 0.3) is 5.82 Å². The molecule has 0 fully saturated rings. The predicted octanol–water partition coefficient (Wildman–Crippen LogP) is 5.13. The first-order chi connectivity index (χ1) is 15.8. The van der Waals surface area contributed by atoms with Gasteiger partial charge in [0.2, 0.25) is 5.88 Å². The number of urea groups is 1. The molecule has 0 bridgehead atoms. The Morgan fingerprint density at radius 3 is 2.39 bits per heavy atom. The van der Waals surface area contributed by atoms with Crippen LogP contribution in [0.15, 0.2) is 55.1 Å². The fraction of sp³-hybridized carbons (Fsp3) is 0.0909. The average Bonchev–Trinajstić information content (AvgIpc) is 3.14. The minimum atomic E-state index is -1.67. The molecule has 0 aliphatic heterocycles. The number of carbonyl (C=O) groups excluding carboxylic acids is 1. The molecular weight excluding hydrogens is 437 g/mol. The molecule has 0 radical (unpaired) electrons. The first kappa shape index (κ1) is 21.8. The van der Waals surface area contributed by atoms with Crippen molar-refractivity contribution in [2.45, 2.75) is 13.8 Å². The number of aromatic nitrogens is 4. The van der Waals surface area contributed by atoms with Crippen molar-refractivity contribution in [2.24, 2.45) is 0 Å². The van der Waals surface area contributed by atoms with E-state index >= 15 is 0 Å². The van der Waals surface area contributed by atoms with E-state index in [1.54, 1.807) is 36.7 Å². The maximum absolute atomic E-state index is 13.7. The summed E-state index contributed by atoms with van der Waals surface area (Å²) in [4.78, 5) is 24.6. The molecule has 0 atom stereocenters. The number of benzene rings is 2. The van der Waals surface area contributed by atoms with Crippen molar-refractivity contribution in [3.63, 3.8) is 0 Å². The van der Waals surface area contributed by atoms with E-state index in [2.05, 4.69) is 25.6 Å². The lowest BCUT2D eigenvalue weighted by Crippen LogP contribution is -2.20. The summed E-state index contributed by atoms with van der Waals surface area (Å²) in [5.41, 5.74) is 1.69. The summed E-state index contributed by atoms with van der Waals surface area (Å²) in [5, 5.41) is 4.58. The van der Waals surface area contributed by atoms with Gasteiger partial charge in [-0.15, -0.1) is 0 Å². The minimum Gasteiger partial charge on any atom is -0.439 e. The van der Waals surface area contributed by atoms with E-state index in [0.29, 0.717) is 29.2 Å². The van der Waals surface area contributed by atoms with Crippen LogP contribution in [-0.4, -0.2) is 25.6 Å². The van der Waals surface area contributed by atoms with Crippen molar-refractivity contribution in [2.75, 3.05) is 10.6 Å². The van der Waals surface area contributed by atoms with E-state index < -0.39 is 29.2 Å². The van der Waals surface area contributed by atoms with Crippen LogP contribution in [0.1, 0.15) is 11.4 Å². The molecule has 0 unspecified atom stereocenters. The summed E-state index contributed by atoms with van der Waals surface area (Å²) in [6.45, 7) is 3.82. The largest absolute Gasteiger partial charge is 0.439 e. The normalized spacial score (nSPS) is 10.7. The van der Waals surface area contributed by atoms with Gasteiger partial charge in [-0.1, -0.05) is 0 Å². The summed E-state index contributed by atoms with van der Waals surface area (Å²) in [6.07, 6.45) is 3.03. The summed E-state index contributed by atoms with van der Waals surface area (Å²) in [7, 11) is 0. The lowest BCUT2D eigenvalue weighted by molar-refractivity contribution is 0.262. The predicted molar refractivity (Wildman–Crippen MR) is 114 cm³/mol. The van der Waals surface area contributed by atoms with Gasteiger partial charge in [0.25, 0.3) is 0 Å². The molecule has 0 spiro atoms. The van der Waals surface area contributed by atoms with E-state index in [1.807, 2.05) is 18.4 Å². The summed E-state index contributed by atoms with van der Waals surface area (Å²) in [5.74, 6) is -3.16. The van der Waals surface area contributed by atoms with Crippen molar-refractivity contribution in [3.05, 3.63) is 84.0 Å². The quantitative estimate of drug-likeness (QED) is 0.408. The van der Waals surface area contributed by atoms with Gasteiger partial charge in [-0.3, -0.25) is 4.57 Å². The third kappa shape index (κ3) is 4.76. The van der Waals surface area contributed by atoms with Crippen LogP contribution >= 0.6 is 0 Å². The molecule has 0 aliphatic rings. The molecule has 2 aromatic heterocycles. The number of rotatable bonds is 5. The number of imidazole rings is 1. The average molecular weight is 454 g/mol. The van der Waals surface area contributed by atoms with Crippen LogP contribution in [0.5, 0.6) is 11.6 Å². The Balaban J connectivity index is 1.41. The van der Waals surface area contributed by atoms with Crippen LogP contribution in [-0.2, 0) is 0 Å². The first-order valence-corrected chi connectivity index (χ1v) is 9.64. The molecule has 2 N–H and O–H groups in total.